The van der Waals surface area contributed by atoms with Gasteiger partial charge in [-0.2, -0.15) is 15.3 Å². The zero-order chi connectivity index (χ0) is 53.2. The number of H-pyrrole nitrogens is 3. The third kappa shape index (κ3) is 15.0. The third-order valence-electron chi connectivity index (χ3n) is 10.7. The molecule has 0 bridgehead atoms. The first-order valence-corrected chi connectivity index (χ1v) is 24.5. The summed E-state index contributed by atoms with van der Waals surface area (Å²) in [6, 6.07) is 15.9. The number of aldehydes is 1. The summed E-state index contributed by atoms with van der Waals surface area (Å²) in [4.78, 5) is 68.9. The van der Waals surface area contributed by atoms with Crippen molar-refractivity contribution in [2.24, 2.45) is 21.1 Å². The number of hydrogen-bond acceptors (Lipinski definition) is 15. The van der Waals surface area contributed by atoms with Gasteiger partial charge in [-0.05, 0) is 60.0 Å². The van der Waals surface area contributed by atoms with E-state index >= 15 is 0 Å². The van der Waals surface area contributed by atoms with E-state index in [2.05, 4.69) is 61.2 Å². The standard InChI is InChI=1S/C17H17Cl2N5O2.C15H15Cl2N5O2.C15H13Cl2N5O2.B.Na.H/c1-3-26-7-6-13-14-15(24(2)23-13)16(25)22-17(21-14)20-9-10-4-5-11(18)12(19)8-10;2*1-22-13-12(11(21-22)4-5-23)19-15(20-14(13)24)18-7-8-2-3-9(16)10(17)6-8;;;/h4-8H,3,9H2,1-2H3,(H2,20,21,22,25);2-3,6,23H,4-5,7H2,1H3,(H2,18,19,20,24);2-3,5-6H,4,7H2,1H3,(H2,18,19,20,24);;;/q;;;;+1;-1/b7-6+;;;;;. The van der Waals surface area contributed by atoms with E-state index in [1.54, 1.807) is 63.6 Å². The molecule has 0 amide bonds. The first-order chi connectivity index (χ1) is 35.5. The van der Waals surface area contributed by atoms with Crippen molar-refractivity contribution in [3.8, 4) is 0 Å². The zero-order valence-corrected chi connectivity index (χ0v) is 47.8. The van der Waals surface area contributed by atoms with Crippen LogP contribution in [0.4, 0.5) is 17.8 Å². The van der Waals surface area contributed by atoms with Crippen molar-refractivity contribution in [1.29, 1.82) is 0 Å². The molecule has 6 aromatic heterocycles. The number of aromatic nitrogens is 12. The van der Waals surface area contributed by atoms with Crippen LogP contribution in [-0.4, -0.2) is 92.3 Å². The van der Waals surface area contributed by atoms with E-state index in [0.29, 0.717) is 131 Å². The number of carbonyl (C=O) groups excluding carboxylic acids is 1. The number of carbonyl (C=O) groups is 1. The molecule has 7 N–H and O–H groups in total. The van der Waals surface area contributed by atoms with Crippen molar-refractivity contribution in [2.75, 3.05) is 29.2 Å². The number of aryl methyl sites for hydroxylation is 3. The minimum absolute atomic E-state index is 0. The van der Waals surface area contributed by atoms with E-state index in [4.69, 9.17) is 79.4 Å². The number of ether oxygens (including phenoxy) is 1. The molecular weight excluding hydrogens is 1120 g/mol. The number of fused-ring (bicyclic) bond motifs is 3. The van der Waals surface area contributed by atoms with Gasteiger partial charge in [-0.1, -0.05) is 87.8 Å². The first kappa shape index (κ1) is 60.9. The Bertz CT molecular complexity index is 3740. The predicted molar refractivity (Wildman–Crippen MR) is 297 cm³/mol. The molecule has 9 rings (SSSR count). The number of rotatable bonds is 16. The average molecular weight is 1160 g/mol. The summed E-state index contributed by atoms with van der Waals surface area (Å²) < 4.78 is 9.58. The van der Waals surface area contributed by atoms with Gasteiger partial charge in [0.05, 0.1) is 54.4 Å². The number of aliphatic hydroxyl groups excluding tert-OH is 1. The van der Waals surface area contributed by atoms with Crippen LogP contribution in [-0.2, 0) is 63.2 Å². The molecule has 3 radical (unpaired) electrons. The molecule has 0 unspecified atom stereocenters. The average Bonchev–Trinajstić information content (AvgIpc) is 3.99. The number of aliphatic hydroxyl groups is 1. The number of aromatic amines is 3. The van der Waals surface area contributed by atoms with Gasteiger partial charge in [0.2, 0.25) is 17.8 Å². The summed E-state index contributed by atoms with van der Waals surface area (Å²) in [5.74, 6) is 0.956. The third-order valence-corrected chi connectivity index (χ3v) is 12.9. The fourth-order valence-corrected chi connectivity index (χ4v) is 8.23. The Hall–Kier alpha value is -5.92. The molecule has 0 aliphatic heterocycles. The molecule has 0 fully saturated rings. The Morgan fingerprint density at radius 1 is 0.605 bits per heavy atom. The van der Waals surface area contributed by atoms with Crippen molar-refractivity contribution >= 4 is 141 Å². The topological polar surface area (TPSA) is 273 Å². The molecule has 76 heavy (non-hydrogen) atoms. The molecular formula is C47H46BCl6N15NaO6. The van der Waals surface area contributed by atoms with Crippen LogP contribution in [0.25, 0.3) is 39.2 Å². The number of halogens is 6. The van der Waals surface area contributed by atoms with Gasteiger partial charge in [-0.3, -0.25) is 43.4 Å². The number of nitrogens with one attached hydrogen (secondary N) is 6. The normalized spacial score (nSPS) is 10.9. The fraction of sp³-hybridized carbons (Fsp3) is 0.234. The van der Waals surface area contributed by atoms with E-state index in [9.17, 15) is 19.2 Å². The second kappa shape index (κ2) is 27.9. The van der Waals surface area contributed by atoms with Gasteiger partial charge >= 0.3 is 29.6 Å². The summed E-state index contributed by atoms with van der Waals surface area (Å²) >= 11 is 35.7. The SMILES string of the molecule is CCO/C=C/c1nn(C)c2c(=O)[nH]c(NCc3ccc(Cl)c(Cl)c3)nc12.Cn1nc(CC=O)c2nc(NCc3ccc(Cl)c(Cl)c3)[nH]c(=O)c21.Cn1nc(CCO)c2nc(NCc3ccc(Cl)c(Cl)c3)[nH]c(=O)c21.[B].[H-].[Na+]. The van der Waals surface area contributed by atoms with Crippen molar-refractivity contribution in [3.05, 3.63) is 156 Å². The van der Waals surface area contributed by atoms with E-state index in [1.807, 2.05) is 25.1 Å². The van der Waals surface area contributed by atoms with Crippen molar-refractivity contribution < 1.29 is 45.6 Å². The van der Waals surface area contributed by atoms with E-state index < -0.39 is 0 Å². The number of benzene rings is 3. The smallest absolute Gasteiger partial charge is 1.00 e. The Kier molecular flexibility index (Phi) is 22.4. The van der Waals surface area contributed by atoms with E-state index in [-0.39, 0.29) is 69.1 Å². The zero-order valence-electron chi connectivity index (χ0n) is 42.2. The maximum atomic E-state index is 12.4. The van der Waals surface area contributed by atoms with Crippen molar-refractivity contribution in [2.45, 2.75) is 39.4 Å². The van der Waals surface area contributed by atoms with Crippen LogP contribution in [0.15, 0.2) is 75.2 Å². The Morgan fingerprint density at radius 2 is 0.987 bits per heavy atom. The molecule has 0 saturated heterocycles. The molecule has 0 aliphatic carbocycles. The van der Waals surface area contributed by atoms with Crippen LogP contribution in [0.3, 0.4) is 0 Å². The van der Waals surface area contributed by atoms with E-state index in [0.717, 1.165) is 23.0 Å². The second-order valence-electron chi connectivity index (χ2n) is 15.9. The summed E-state index contributed by atoms with van der Waals surface area (Å²) in [7, 11) is 5.00. The molecule has 29 heteroatoms. The molecule has 21 nitrogen and oxygen atoms in total. The quantitative estimate of drug-likeness (QED) is 0.0391. The summed E-state index contributed by atoms with van der Waals surface area (Å²) in [5.41, 5.74) is 5.85. The molecule has 391 valence electrons. The summed E-state index contributed by atoms with van der Waals surface area (Å²) in [6.07, 6.45) is 4.38. The Morgan fingerprint density at radius 3 is 1.38 bits per heavy atom. The van der Waals surface area contributed by atoms with Gasteiger partial charge in [-0.25, -0.2) is 15.0 Å². The van der Waals surface area contributed by atoms with Gasteiger partial charge in [0.25, 0.3) is 16.7 Å². The first-order valence-electron chi connectivity index (χ1n) is 22.2. The maximum absolute atomic E-state index is 12.4. The summed E-state index contributed by atoms with van der Waals surface area (Å²) in [6.45, 7) is 3.61. The molecule has 0 saturated carbocycles. The Balaban J connectivity index is 0.000000245. The minimum atomic E-state index is -0.330. The molecule has 9 aromatic rings. The maximum Gasteiger partial charge on any atom is 1.00 e. The second-order valence-corrected chi connectivity index (χ2v) is 18.3. The molecule has 0 atom stereocenters. The van der Waals surface area contributed by atoms with Crippen molar-refractivity contribution in [3.63, 3.8) is 0 Å². The molecule has 0 spiro atoms. The monoisotopic (exact) mass is 1160 g/mol. The predicted octanol–water partition coefficient (Wildman–Crippen LogP) is 4.75. The van der Waals surface area contributed by atoms with E-state index in [1.165, 1.54) is 20.3 Å². The number of nitrogens with zero attached hydrogens (tertiary/aromatic N) is 9. The minimum Gasteiger partial charge on any atom is -1.00 e. The van der Waals surface area contributed by atoms with Crippen LogP contribution in [0.2, 0.25) is 30.1 Å². The largest absolute Gasteiger partial charge is 1.00 e. The van der Waals surface area contributed by atoms with Gasteiger partial charge in [0, 0.05) is 74.7 Å². The van der Waals surface area contributed by atoms with Gasteiger partial charge in [-0.15, -0.1) is 0 Å². The van der Waals surface area contributed by atoms with Crippen LogP contribution < -0.4 is 62.2 Å². The number of hydrogen-bond donors (Lipinski definition) is 7. The Labute approximate surface area is 488 Å². The van der Waals surface area contributed by atoms with Gasteiger partial charge in [0.1, 0.15) is 28.5 Å². The van der Waals surface area contributed by atoms with Crippen molar-refractivity contribution in [1.82, 2.24) is 59.2 Å². The number of anilines is 3. The molecule has 3 aromatic carbocycles. The fourth-order valence-electron chi connectivity index (χ4n) is 7.27. The summed E-state index contributed by atoms with van der Waals surface area (Å²) in [5, 5.41) is 33.8. The van der Waals surface area contributed by atoms with Crippen LogP contribution >= 0.6 is 69.6 Å². The molecule has 6 heterocycles. The van der Waals surface area contributed by atoms with Crippen LogP contribution in [0.1, 0.15) is 42.1 Å². The van der Waals surface area contributed by atoms with Gasteiger partial charge < -0.3 is 32.0 Å². The molecule has 0 aliphatic rings. The van der Waals surface area contributed by atoms with Crippen LogP contribution in [0.5, 0.6) is 0 Å². The van der Waals surface area contributed by atoms with Gasteiger partial charge in [0.15, 0.2) is 16.6 Å². The van der Waals surface area contributed by atoms with Crippen LogP contribution in [0, 0.1) is 0 Å².